The van der Waals surface area contributed by atoms with Crippen LogP contribution in [0.1, 0.15) is 45.1 Å². The van der Waals surface area contributed by atoms with Gasteiger partial charge in [0.05, 0.1) is 5.60 Å². The van der Waals surface area contributed by atoms with Gasteiger partial charge in [0.2, 0.25) is 0 Å². The Bertz CT molecular complexity index is 470. The molecule has 0 aliphatic heterocycles. The van der Waals surface area contributed by atoms with E-state index >= 15 is 0 Å². The Morgan fingerprint density at radius 3 is 2.57 bits per heavy atom. The molecule has 1 aliphatic rings. The summed E-state index contributed by atoms with van der Waals surface area (Å²) in [4.78, 5) is 2.16. The van der Waals surface area contributed by atoms with E-state index in [0.717, 1.165) is 42.4 Å². The standard InChI is InChI=1S/C17H27BrN2O/c1-13(2)19-11-14-6-7-15(10-16(14)18)20(3)12-17(21)8-4-5-9-17/h6-7,10,13,19,21H,4-5,8-9,11-12H2,1-3H3. The van der Waals surface area contributed by atoms with Gasteiger partial charge in [0, 0.05) is 36.3 Å². The molecule has 0 radical (unpaired) electrons. The van der Waals surface area contributed by atoms with Crippen LogP contribution in [-0.2, 0) is 6.54 Å². The van der Waals surface area contributed by atoms with Crippen LogP contribution in [0, 0.1) is 0 Å². The van der Waals surface area contributed by atoms with Crippen LogP contribution in [0.2, 0.25) is 0 Å². The highest BCUT2D eigenvalue weighted by atomic mass is 79.9. The van der Waals surface area contributed by atoms with Gasteiger partial charge >= 0.3 is 0 Å². The lowest BCUT2D eigenvalue weighted by Gasteiger charge is -2.30. The first-order valence-electron chi connectivity index (χ1n) is 7.85. The van der Waals surface area contributed by atoms with Gasteiger partial charge in [-0.1, -0.05) is 48.7 Å². The number of hydrogen-bond acceptors (Lipinski definition) is 3. The summed E-state index contributed by atoms with van der Waals surface area (Å²) in [5.74, 6) is 0. The Balaban J connectivity index is 2.01. The third-order valence-electron chi connectivity index (χ3n) is 4.24. The van der Waals surface area contributed by atoms with Crippen molar-refractivity contribution in [2.24, 2.45) is 0 Å². The first-order chi connectivity index (χ1) is 9.89. The average molecular weight is 355 g/mol. The number of hydrogen-bond donors (Lipinski definition) is 2. The maximum atomic E-state index is 10.5. The Hall–Kier alpha value is -0.580. The highest BCUT2D eigenvalue weighted by Crippen LogP contribution is 2.32. The minimum Gasteiger partial charge on any atom is -0.388 e. The molecule has 1 aliphatic carbocycles. The van der Waals surface area contributed by atoms with Gasteiger partial charge in [0.15, 0.2) is 0 Å². The molecule has 1 aromatic carbocycles. The molecule has 21 heavy (non-hydrogen) atoms. The van der Waals surface area contributed by atoms with E-state index in [0.29, 0.717) is 12.6 Å². The molecule has 0 spiro atoms. The van der Waals surface area contributed by atoms with Crippen molar-refractivity contribution in [2.45, 2.75) is 57.7 Å². The SMILES string of the molecule is CC(C)NCc1ccc(N(C)CC2(O)CCCC2)cc1Br. The van der Waals surface area contributed by atoms with Crippen LogP contribution in [0.25, 0.3) is 0 Å². The molecule has 0 aromatic heterocycles. The molecule has 0 saturated heterocycles. The van der Waals surface area contributed by atoms with Gasteiger partial charge in [-0.2, -0.15) is 0 Å². The number of halogens is 1. The van der Waals surface area contributed by atoms with Crippen LogP contribution in [-0.4, -0.2) is 30.3 Å². The van der Waals surface area contributed by atoms with Crippen molar-refractivity contribution in [3.05, 3.63) is 28.2 Å². The zero-order valence-electron chi connectivity index (χ0n) is 13.3. The molecule has 2 rings (SSSR count). The van der Waals surface area contributed by atoms with Gasteiger partial charge < -0.3 is 15.3 Å². The highest BCUT2D eigenvalue weighted by Gasteiger charge is 2.32. The molecule has 0 bridgehead atoms. The van der Waals surface area contributed by atoms with Crippen LogP contribution >= 0.6 is 15.9 Å². The van der Waals surface area contributed by atoms with E-state index in [-0.39, 0.29) is 0 Å². The quantitative estimate of drug-likeness (QED) is 0.817. The summed E-state index contributed by atoms with van der Waals surface area (Å²) in [7, 11) is 2.06. The number of nitrogens with zero attached hydrogens (tertiary/aromatic N) is 1. The molecular formula is C17H27BrN2O. The second-order valence-electron chi connectivity index (χ2n) is 6.60. The van der Waals surface area contributed by atoms with Gasteiger partial charge in [-0.25, -0.2) is 0 Å². The van der Waals surface area contributed by atoms with E-state index in [2.05, 4.69) is 65.2 Å². The lowest BCUT2D eigenvalue weighted by Crippen LogP contribution is -2.39. The van der Waals surface area contributed by atoms with E-state index in [1.54, 1.807) is 0 Å². The molecule has 4 heteroatoms. The molecule has 2 N–H and O–H groups in total. The largest absolute Gasteiger partial charge is 0.388 e. The maximum absolute atomic E-state index is 10.5. The third kappa shape index (κ3) is 4.70. The van der Waals surface area contributed by atoms with E-state index < -0.39 is 5.60 Å². The number of aliphatic hydroxyl groups is 1. The summed E-state index contributed by atoms with van der Waals surface area (Å²) in [5.41, 5.74) is 1.91. The average Bonchev–Trinajstić information content (AvgIpc) is 2.83. The van der Waals surface area contributed by atoms with Crippen LogP contribution in [0.3, 0.4) is 0 Å². The van der Waals surface area contributed by atoms with Gasteiger partial charge in [0.1, 0.15) is 0 Å². The summed E-state index contributed by atoms with van der Waals surface area (Å²) < 4.78 is 1.12. The Morgan fingerprint density at radius 1 is 1.33 bits per heavy atom. The van der Waals surface area contributed by atoms with E-state index in [9.17, 15) is 5.11 Å². The van der Waals surface area contributed by atoms with E-state index in [1.165, 1.54) is 5.56 Å². The van der Waals surface area contributed by atoms with E-state index in [1.807, 2.05) is 0 Å². The number of anilines is 1. The van der Waals surface area contributed by atoms with Crippen molar-refractivity contribution < 1.29 is 5.11 Å². The van der Waals surface area contributed by atoms with Gasteiger partial charge in [0.25, 0.3) is 0 Å². The second-order valence-corrected chi connectivity index (χ2v) is 7.45. The predicted octanol–water partition coefficient (Wildman–Crippen LogP) is 3.69. The topological polar surface area (TPSA) is 35.5 Å². The predicted molar refractivity (Wildman–Crippen MR) is 92.8 cm³/mol. The molecule has 1 aromatic rings. The fourth-order valence-electron chi connectivity index (χ4n) is 2.96. The molecule has 1 fully saturated rings. The van der Waals surface area contributed by atoms with Crippen molar-refractivity contribution >= 4 is 21.6 Å². The van der Waals surface area contributed by atoms with Crippen LogP contribution in [0.4, 0.5) is 5.69 Å². The fourth-order valence-corrected chi connectivity index (χ4v) is 3.46. The van der Waals surface area contributed by atoms with Crippen molar-refractivity contribution in [1.29, 1.82) is 0 Å². The molecule has 0 atom stereocenters. The van der Waals surface area contributed by atoms with Crippen molar-refractivity contribution in [2.75, 3.05) is 18.5 Å². The van der Waals surface area contributed by atoms with Gasteiger partial charge in [-0.3, -0.25) is 0 Å². The Morgan fingerprint density at radius 2 is 2.00 bits per heavy atom. The van der Waals surface area contributed by atoms with Crippen LogP contribution < -0.4 is 10.2 Å². The van der Waals surface area contributed by atoms with Crippen molar-refractivity contribution in [3.8, 4) is 0 Å². The summed E-state index contributed by atoms with van der Waals surface area (Å²) in [6, 6.07) is 6.93. The number of nitrogens with one attached hydrogen (secondary N) is 1. The van der Waals surface area contributed by atoms with Crippen LogP contribution in [0.15, 0.2) is 22.7 Å². The Labute approximate surface area is 136 Å². The first kappa shape index (κ1) is 16.8. The molecule has 0 unspecified atom stereocenters. The van der Waals surface area contributed by atoms with Gasteiger partial charge in [-0.15, -0.1) is 0 Å². The minimum atomic E-state index is -0.501. The summed E-state index contributed by atoms with van der Waals surface area (Å²) >= 11 is 3.66. The second kappa shape index (κ2) is 7.12. The lowest BCUT2D eigenvalue weighted by molar-refractivity contribution is 0.0559. The van der Waals surface area contributed by atoms with Crippen molar-refractivity contribution in [3.63, 3.8) is 0 Å². The molecule has 118 valence electrons. The third-order valence-corrected chi connectivity index (χ3v) is 4.98. The zero-order valence-corrected chi connectivity index (χ0v) is 14.9. The Kier molecular flexibility index (Phi) is 5.69. The van der Waals surface area contributed by atoms with E-state index in [4.69, 9.17) is 0 Å². The summed E-state index contributed by atoms with van der Waals surface area (Å²) in [6.07, 6.45) is 4.14. The van der Waals surface area contributed by atoms with Gasteiger partial charge in [-0.05, 0) is 30.5 Å². The highest BCUT2D eigenvalue weighted by molar-refractivity contribution is 9.10. The molecular weight excluding hydrogens is 328 g/mol. The molecule has 0 amide bonds. The van der Waals surface area contributed by atoms with Crippen LogP contribution in [0.5, 0.6) is 0 Å². The smallest absolute Gasteiger partial charge is 0.0821 e. The lowest BCUT2D eigenvalue weighted by atomic mass is 10.0. The minimum absolute atomic E-state index is 0.482. The maximum Gasteiger partial charge on any atom is 0.0821 e. The molecule has 0 heterocycles. The number of likely N-dealkylation sites (N-methyl/N-ethyl adjacent to an activating group) is 1. The zero-order chi connectivity index (χ0) is 15.5. The molecule has 3 nitrogen and oxygen atoms in total. The molecule has 1 saturated carbocycles. The normalized spacial score (nSPS) is 17.4. The number of rotatable bonds is 6. The first-order valence-corrected chi connectivity index (χ1v) is 8.64. The summed E-state index contributed by atoms with van der Waals surface area (Å²) in [5, 5.41) is 14.0. The number of benzene rings is 1. The monoisotopic (exact) mass is 354 g/mol. The summed E-state index contributed by atoms with van der Waals surface area (Å²) in [6.45, 7) is 5.88. The fraction of sp³-hybridized carbons (Fsp3) is 0.647. The van der Waals surface area contributed by atoms with Crippen molar-refractivity contribution in [1.82, 2.24) is 5.32 Å².